The Labute approximate surface area is 113 Å². The van der Waals surface area contributed by atoms with E-state index in [2.05, 4.69) is 20.4 Å². The second kappa shape index (κ2) is 5.74. The Balaban J connectivity index is 1.62. The maximum atomic E-state index is 12.5. The number of nitrogens with zero attached hydrogens (tertiary/aromatic N) is 2. The van der Waals surface area contributed by atoms with Gasteiger partial charge in [-0.05, 0) is 38.3 Å². The van der Waals surface area contributed by atoms with Crippen LogP contribution in [0.4, 0.5) is 0 Å². The van der Waals surface area contributed by atoms with Gasteiger partial charge in [-0.25, -0.2) is 0 Å². The van der Waals surface area contributed by atoms with E-state index in [-0.39, 0.29) is 5.92 Å². The lowest BCUT2D eigenvalue weighted by Crippen LogP contribution is -2.46. The van der Waals surface area contributed by atoms with E-state index in [1.807, 2.05) is 6.07 Å². The largest absolute Gasteiger partial charge is 0.342 e. The van der Waals surface area contributed by atoms with Crippen LogP contribution in [-0.4, -0.2) is 47.2 Å². The monoisotopic (exact) mass is 262 g/mol. The molecule has 5 nitrogen and oxygen atoms in total. The normalized spacial score (nSPS) is 28.3. The van der Waals surface area contributed by atoms with Crippen LogP contribution in [0, 0.1) is 5.92 Å². The van der Waals surface area contributed by atoms with Crippen LogP contribution in [0.1, 0.15) is 37.3 Å². The van der Waals surface area contributed by atoms with Crippen LogP contribution < -0.4 is 5.32 Å². The SMILES string of the molecule is O=C([C@@H]1CCCNC1)N1CCCC(c2ccn[nH]2)C1. The summed E-state index contributed by atoms with van der Waals surface area (Å²) in [5.74, 6) is 0.961. The fourth-order valence-corrected chi connectivity index (χ4v) is 3.25. The summed E-state index contributed by atoms with van der Waals surface area (Å²) in [6.07, 6.45) is 6.19. The predicted octanol–water partition coefficient (Wildman–Crippen LogP) is 1.12. The minimum atomic E-state index is 0.189. The molecule has 2 N–H and O–H groups in total. The number of carbonyl (C=O) groups excluding carboxylic acids is 1. The zero-order chi connectivity index (χ0) is 13.1. The Morgan fingerprint density at radius 2 is 2.32 bits per heavy atom. The molecular formula is C14H22N4O. The van der Waals surface area contributed by atoms with Crippen molar-refractivity contribution in [1.82, 2.24) is 20.4 Å². The first-order valence-corrected chi connectivity index (χ1v) is 7.33. The van der Waals surface area contributed by atoms with E-state index in [1.165, 1.54) is 5.69 Å². The predicted molar refractivity (Wildman–Crippen MR) is 72.7 cm³/mol. The van der Waals surface area contributed by atoms with E-state index in [4.69, 9.17) is 0 Å². The Morgan fingerprint density at radius 1 is 1.37 bits per heavy atom. The number of rotatable bonds is 2. The van der Waals surface area contributed by atoms with Crippen LogP contribution in [0.3, 0.4) is 0 Å². The van der Waals surface area contributed by atoms with Gasteiger partial charge >= 0.3 is 0 Å². The zero-order valence-electron chi connectivity index (χ0n) is 11.3. The molecule has 0 saturated carbocycles. The van der Waals surface area contributed by atoms with Crippen molar-refractivity contribution in [2.75, 3.05) is 26.2 Å². The highest BCUT2D eigenvalue weighted by molar-refractivity contribution is 5.79. The van der Waals surface area contributed by atoms with Gasteiger partial charge in [-0.2, -0.15) is 5.10 Å². The Kier molecular flexibility index (Phi) is 3.82. The Morgan fingerprint density at radius 3 is 3.05 bits per heavy atom. The second-order valence-electron chi connectivity index (χ2n) is 5.68. The van der Waals surface area contributed by atoms with E-state index < -0.39 is 0 Å². The van der Waals surface area contributed by atoms with Crippen LogP contribution in [0.5, 0.6) is 0 Å². The van der Waals surface area contributed by atoms with Gasteiger partial charge in [-0.1, -0.05) is 0 Å². The molecule has 2 saturated heterocycles. The maximum Gasteiger partial charge on any atom is 0.226 e. The lowest BCUT2D eigenvalue weighted by molar-refractivity contribution is -0.137. The number of H-pyrrole nitrogens is 1. The summed E-state index contributed by atoms with van der Waals surface area (Å²) < 4.78 is 0. The van der Waals surface area contributed by atoms with E-state index >= 15 is 0 Å². The third-order valence-electron chi connectivity index (χ3n) is 4.34. The Hall–Kier alpha value is -1.36. The lowest BCUT2D eigenvalue weighted by Gasteiger charge is -2.35. The highest BCUT2D eigenvalue weighted by Gasteiger charge is 2.30. The van der Waals surface area contributed by atoms with Gasteiger partial charge in [0.1, 0.15) is 0 Å². The highest BCUT2D eigenvalue weighted by Crippen LogP contribution is 2.27. The molecule has 0 aromatic carbocycles. The van der Waals surface area contributed by atoms with Gasteiger partial charge in [0, 0.05) is 37.4 Å². The molecule has 1 amide bonds. The molecule has 3 rings (SSSR count). The van der Waals surface area contributed by atoms with Crippen LogP contribution in [0.2, 0.25) is 0 Å². The molecule has 1 aromatic heterocycles. The molecule has 0 spiro atoms. The van der Waals surface area contributed by atoms with Crippen molar-refractivity contribution in [3.8, 4) is 0 Å². The van der Waals surface area contributed by atoms with Crippen molar-refractivity contribution >= 4 is 5.91 Å². The van der Waals surface area contributed by atoms with Crippen molar-refractivity contribution < 1.29 is 4.79 Å². The summed E-state index contributed by atoms with van der Waals surface area (Å²) in [5.41, 5.74) is 1.17. The van der Waals surface area contributed by atoms with Gasteiger partial charge in [0.05, 0.1) is 5.92 Å². The smallest absolute Gasteiger partial charge is 0.226 e. The minimum absolute atomic E-state index is 0.189. The quantitative estimate of drug-likeness (QED) is 0.839. The summed E-state index contributed by atoms with van der Waals surface area (Å²) in [6.45, 7) is 3.67. The zero-order valence-corrected chi connectivity index (χ0v) is 11.3. The van der Waals surface area contributed by atoms with Crippen LogP contribution in [-0.2, 0) is 4.79 Å². The van der Waals surface area contributed by atoms with Gasteiger partial charge in [0.15, 0.2) is 0 Å². The molecule has 2 atom stereocenters. The van der Waals surface area contributed by atoms with Crippen LogP contribution in [0.25, 0.3) is 0 Å². The summed E-state index contributed by atoms with van der Waals surface area (Å²) in [7, 11) is 0. The number of aromatic amines is 1. The number of amides is 1. The number of likely N-dealkylation sites (tertiary alicyclic amines) is 1. The average Bonchev–Trinajstić information content (AvgIpc) is 3.02. The van der Waals surface area contributed by atoms with Crippen molar-refractivity contribution in [2.45, 2.75) is 31.6 Å². The van der Waals surface area contributed by atoms with E-state index in [0.29, 0.717) is 11.8 Å². The number of piperidine rings is 2. The van der Waals surface area contributed by atoms with E-state index in [0.717, 1.165) is 51.9 Å². The van der Waals surface area contributed by atoms with Crippen molar-refractivity contribution in [1.29, 1.82) is 0 Å². The third-order valence-corrected chi connectivity index (χ3v) is 4.34. The topological polar surface area (TPSA) is 61.0 Å². The van der Waals surface area contributed by atoms with Crippen LogP contribution >= 0.6 is 0 Å². The highest BCUT2D eigenvalue weighted by atomic mass is 16.2. The first-order chi connectivity index (χ1) is 9.34. The summed E-state index contributed by atoms with van der Waals surface area (Å²) in [6, 6.07) is 2.03. The minimum Gasteiger partial charge on any atom is -0.342 e. The van der Waals surface area contributed by atoms with Gasteiger partial charge in [-0.3, -0.25) is 9.89 Å². The molecule has 0 radical (unpaired) electrons. The van der Waals surface area contributed by atoms with Gasteiger partial charge in [0.2, 0.25) is 5.91 Å². The lowest BCUT2D eigenvalue weighted by atomic mass is 9.92. The Bertz CT molecular complexity index is 411. The first kappa shape index (κ1) is 12.7. The molecule has 2 aliphatic heterocycles. The van der Waals surface area contributed by atoms with Crippen molar-refractivity contribution in [3.63, 3.8) is 0 Å². The second-order valence-corrected chi connectivity index (χ2v) is 5.68. The average molecular weight is 262 g/mol. The first-order valence-electron chi connectivity index (χ1n) is 7.33. The van der Waals surface area contributed by atoms with Gasteiger partial charge in [0.25, 0.3) is 0 Å². The number of hydrogen-bond donors (Lipinski definition) is 2. The van der Waals surface area contributed by atoms with Crippen molar-refractivity contribution in [2.24, 2.45) is 5.92 Å². The molecule has 104 valence electrons. The summed E-state index contributed by atoms with van der Waals surface area (Å²) >= 11 is 0. The molecule has 2 aliphatic rings. The van der Waals surface area contributed by atoms with Gasteiger partial charge in [-0.15, -0.1) is 0 Å². The number of nitrogens with one attached hydrogen (secondary N) is 2. The fourth-order valence-electron chi connectivity index (χ4n) is 3.25. The molecule has 2 fully saturated rings. The molecule has 19 heavy (non-hydrogen) atoms. The molecule has 0 bridgehead atoms. The van der Waals surface area contributed by atoms with Gasteiger partial charge < -0.3 is 10.2 Å². The molecule has 1 unspecified atom stereocenters. The van der Waals surface area contributed by atoms with E-state index in [9.17, 15) is 4.79 Å². The molecular weight excluding hydrogens is 240 g/mol. The molecule has 3 heterocycles. The molecule has 0 aliphatic carbocycles. The maximum absolute atomic E-state index is 12.5. The number of aromatic nitrogens is 2. The molecule has 5 heteroatoms. The van der Waals surface area contributed by atoms with Crippen LogP contribution in [0.15, 0.2) is 12.3 Å². The standard InChI is InChI=1S/C14H22N4O/c19-14(11-3-1-6-15-9-11)18-8-2-4-12(10-18)13-5-7-16-17-13/h5,7,11-12,15H,1-4,6,8-10H2,(H,16,17)/t11-,12?/m1/s1. The summed E-state index contributed by atoms with van der Waals surface area (Å²) in [5, 5.41) is 10.4. The summed E-state index contributed by atoms with van der Waals surface area (Å²) in [4.78, 5) is 14.6. The van der Waals surface area contributed by atoms with E-state index in [1.54, 1.807) is 6.20 Å². The third kappa shape index (κ3) is 2.81. The fraction of sp³-hybridized carbons (Fsp3) is 0.714. The van der Waals surface area contributed by atoms with Crippen molar-refractivity contribution in [3.05, 3.63) is 18.0 Å². The number of carbonyl (C=O) groups is 1. The molecule has 1 aromatic rings. The number of hydrogen-bond acceptors (Lipinski definition) is 3.